The van der Waals surface area contributed by atoms with Crippen molar-refractivity contribution >= 4 is 11.7 Å². The van der Waals surface area contributed by atoms with Crippen molar-refractivity contribution in [2.75, 3.05) is 38.0 Å². The van der Waals surface area contributed by atoms with Gasteiger partial charge in [0, 0.05) is 6.07 Å². The van der Waals surface area contributed by atoms with Crippen LogP contribution in [0.2, 0.25) is 0 Å². The summed E-state index contributed by atoms with van der Waals surface area (Å²) < 4.78 is 4.89. The molecule has 19 heavy (non-hydrogen) atoms. The molecule has 0 aromatic carbocycles. The van der Waals surface area contributed by atoms with Crippen molar-refractivity contribution in [2.24, 2.45) is 0 Å². The second-order valence-electron chi connectivity index (χ2n) is 5.21. The second-order valence-corrected chi connectivity index (χ2v) is 5.21. The summed E-state index contributed by atoms with van der Waals surface area (Å²) >= 11 is 0. The lowest BCUT2D eigenvalue weighted by Gasteiger charge is -2.22. The number of nitrogens with one attached hydrogen (secondary N) is 2. The number of amides is 1. The number of rotatable bonds is 6. The van der Waals surface area contributed by atoms with Gasteiger partial charge in [-0.2, -0.15) is 0 Å². The number of nitrogens with two attached hydrogens (primary N) is 1. The molecule has 0 spiro atoms. The molecular weight excluding hydrogens is 244 g/mol. The Hall–Kier alpha value is -1.40. The van der Waals surface area contributed by atoms with Crippen LogP contribution in [0, 0.1) is 6.92 Å². The Morgan fingerprint density at radius 2 is 2.26 bits per heavy atom. The predicted molar refractivity (Wildman–Crippen MR) is 70.9 cm³/mol. The average Bonchev–Trinajstić information content (AvgIpc) is 2.81. The summed E-state index contributed by atoms with van der Waals surface area (Å²) in [4.78, 5) is 13.3. The molecule has 6 heteroatoms. The third kappa shape index (κ3) is 5.00. The summed E-state index contributed by atoms with van der Waals surface area (Å²) in [6.07, 6.45) is 4.08. The first-order valence-electron chi connectivity index (χ1n) is 7.12. The van der Waals surface area contributed by atoms with Crippen molar-refractivity contribution < 1.29 is 19.5 Å². The van der Waals surface area contributed by atoms with Gasteiger partial charge in [0.05, 0.1) is 13.1 Å². The summed E-state index contributed by atoms with van der Waals surface area (Å²) in [6.45, 7) is 6.98. The highest BCUT2D eigenvalue weighted by Gasteiger charge is 2.14. The van der Waals surface area contributed by atoms with Gasteiger partial charge in [-0.25, -0.2) is 0 Å². The number of quaternary nitrogens is 2. The molecule has 1 aliphatic heterocycles. The van der Waals surface area contributed by atoms with Gasteiger partial charge in [-0.1, -0.05) is 5.16 Å². The summed E-state index contributed by atoms with van der Waals surface area (Å²) in [5, 5.41) is 8.51. The van der Waals surface area contributed by atoms with Gasteiger partial charge in [-0.05, 0) is 26.2 Å². The molecule has 4 N–H and O–H groups in total. The molecule has 1 aromatic rings. The van der Waals surface area contributed by atoms with E-state index in [0.717, 1.165) is 13.1 Å². The SMILES string of the molecule is Cc1cc(NC(=O)C[NH2+]CC[NH+]2CCCCC2)no1. The summed E-state index contributed by atoms with van der Waals surface area (Å²) in [5.41, 5.74) is 0. The topological polar surface area (TPSA) is 76.2 Å². The number of aryl methyl sites for hydroxylation is 1. The lowest BCUT2D eigenvalue weighted by atomic mass is 10.1. The van der Waals surface area contributed by atoms with Gasteiger partial charge in [0.1, 0.15) is 18.8 Å². The molecule has 1 saturated heterocycles. The highest BCUT2D eigenvalue weighted by atomic mass is 16.5. The number of aromatic nitrogens is 1. The van der Waals surface area contributed by atoms with E-state index in [0.29, 0.717) is 18.1 Å². The third-order valence-electron chi connectivity index (χ3n) is 3.49. The fourth-order valence-corrected chi connectivity index (χ4v) is 2.46. The number of carbonyl (C=O) groups is 1. The van der Waals surface area contributed by atoms with E-state index >= 15 is 0 Å². The van der Waals surface area contributed by atoms with E-state index in [2.05, 4.69) is 15.8 Å². The largest absolute Gasteiger partial charge is 0.360 e. The van der Waals surface area contributed by atoms with E-state index in [1.807, 2.05) is 0 Å². The molecule has 106 valence electrons. The van der Waals surface area contributed by atoms with Gasteiger partial charge in [0.2, 0.25) is 0 Å². The number of carbonyl (C=O) groups excluding carboxylic acids is 1. The van der Waals surface area contributed by atoms with Crippen molar-refractivity contribution in [2.45, 2.75) is 26.2 Å². The molecule has 2 heterocycles. The standard InChI is InChI=1S/C13H22N4O2/c1-11-9-12(16-19-11)15-13(18)10-14-5-8-17-6-3-2-4-7-17/h9,14H,2-8,10H2,1H3,(H,15,16,18)/p+2. The van der Waals surface area contributed by atoms with Crippen LogP contribution in [-0.4, -0.2) is 43.8 Å². The van der Waals surface area contributed by atoms with Crippen molar-refractivity contribution in [1.29, 1.82) is 0 Å². The number of likely N-dealkylation sites (tertiary alicyclic amines) is 1. The quantitative estimate of drug-likeness (QED) is 0.553. The van der Waals surface area contributed by atoms with Gasteiger partial charge in [-0.3, -0.25) is 4.79 Å². The van der Waals surface area contributed by atoms with E-state index in [9.17, 15) is 4.79 Å². The molecule has 0 aliphatic carbocycles. The second kappa shape index (κ2) is 7.25. The van der Waals surface area contributed by atoms with E-state index in [4.69, 9.17) is 4.52 Å². The van der Waals surface area contributed by atoms with Crippen molar-refractivity contribution in [3.63, 3.8) is 0 Å². The molecule has 1 aliphatic rings. The first kappa shape index (κ1) is 14.0. The van der Waals surface area contributed by atoms with Crippen LogP contribution in [0.5, 0.6) is 0 Å². The fraction of sp³-hybridized carbons (Fsp3) is 0.692. The molecule has 2 rings (SSSR count). The summed E-state index contributed by atoms with van der Waals surface area (Å²) in [5.74, 6) is 1.17. The molecule has 6 nitrogen and oxygen atoms in total. The number of piperidine rings is 1. The van der Waals surface area contributed by atoms with Gasteiger partial charge >= 0.3 is 0 Å². The van der Waals surface area contributed by atoms with Gasteiger partial charge in [0.25, 0.3) is 5.91 Å². The zero-order valence-electron chi connectivity index (χ0n) is 11.6. The molecule has 0 unspecified atom stereocenters. The average molecular weight is 268 g/mol. The Morgan fingerprint density at radius 3 is 2.95 bits per heavy atom. The van der Waals surface area contributed by atoms with Crippen LogP contribution < -0.4 is 15.5 Å². The van der Waals surface area contributed by atoms with Crippen LogP contribution in [-0.2, 0) is 4.79 Å². The number of hydrogen-bond acceptors (Lipinski definition) is 3. The Balaban J connectivity index is 1.56. The fourth-order valence-electron chi connectivity index (χ4n) is 2.46. The minimum absolute atomic E-state index is 0.0260. The zero-order valence-corrected chi connectivity index (χ0v) is 11.6. The third-order valence-corrected chi connectivity index (χ3v) is 3.49. The highest BCUT2D eigenvalue weighted by Crippen LogP contribution is 2.05. The molecule has 0 atom stereocenters. The van der Waals surface area contributed by atoms with Crippen molar-refractivity contribution in [3.8, 4) is 0 Å². The van der Waals surface area contributed by atoms with Crippen LogP contribution in [0.4, 0.5) is 5.82 Å². The van der Waals surface area contributed by atoms with Crippen LogP contribution in [0.3, 0.4) is 0 Å². The molecule has 1 aromatic heterocycles. The molecule has 1 amide bonds. The number of hydrogen-bond donors (Lipinski definition) is 3. The molecule has 0 bridgehead atoms. The van der Waals surface area contributed by atoms with Crippen LogP contribution in [0.25, 0.3) is 0 Å². The van der Waals surface area contributed by atoms with E-state index in [-0.39, 0.29) is 5.91 Å². The maximum atomic E-state index is 11.6. The minimum atomic E-state index is -0.0260. The Bertz CT molecular complexity index is 399. The number of anilines is 1. The molecule has 0 saturated carbocycles. The summed E-state index contributed by atoms with van der Waals surface area (Å²) in [6, 6.07) is 1.72. The zero-order chi connectivity index (χ0) is 13.5. The highest BCUT2D eigenvalue weighted by molar-refractivity contribution is 5.90. The van der Waals surface area contributed by atoms with Gasteiger partial charge in [0.15, 0.2) is 12.4 Å². The lowest BCUT2D eigenvalue weighted by molar-refractivity contribution is -0.916. The maximum absolute atomic E-state index is 11.6. The monoisotopic (exact) mass is 268 g/mol. The first-order chi connectivity index (χ1) is 9.24. The van der Waals surface area contributed by atoms with Crippen LogP contribution >= 0.6 is 0 Å². The molecule has 1 fully saturated rings. The Kier molecular flexibility index (Phi) is 5.35. The maximum Gasteiger partial charge on any atom is 0.280 e. The number of nitrogens with zero attached hydrogens (tertiary/aromatic N) is 1. The van der Waals surface area contributed by atoms with Crippen molar-refractivity contribution in [1.82, 2.24) is 5.16 Å². The Labute approximate surface area is 113 Å². The summed E-state index contributed by atoms with van der Waals surface area (Å²) in [7, 11) is 0. The molecule has 0 radical (unpaired) electrons. The van der Waals surface area contributed by atoms with E-state index in [1.165, 1.54) is 32.4 Å². The van der Waals surface area contributed by atoms with Gasteiger partial charge in [-0.15, -0.1) is 0 Å². The molecular formula is C13H24N4O2+2. The minimum Gasteiger partial charge on any atom is -0.360 e. The Morgan fingerprint density at radius 1 is 1.47 bits per heavy atom. The smallest absolute Gasteiger partial charge is 0.280 e. The van der Waals surface area contributed by atoms with Crippen molar-refractivity contribution in [3.05, 3.63) is 11.8 Å². The van der Waals surface area contributed by atoms with Gasteiger partial charge < -0.3 is 20.1 Å². The predicted octanol–water partition coefficient (Wildman–Crippen LogP) is -1.45. The van der Waals surface area contributed by atoms with E-state index < -0.39 is 0 Å². The normalized spacial score (nSPS) is 16.5. The van der Waals surface area contributed by atoms with Crippen LogP contribution in [0.1, 0.15) is 25.0 Å². The van der Waals surface area contributed by atoms with Crippen LogP contribution in [0.15, 0.2) is 10.6 Å². The lowest BCUT2D eigenvalue weighted by Crippen LogP contribution is -3.15. The van der Waals surface area contributed by atoms with E-state index in [1.54, 1.807) is 17.9 Å². The first-order valence-corrected chi connectivity index (χ1v) is 7.12.